The van der Waals surface area contributed by atoms with Crippen LogP contribution in [0.4, 0.5) is 11.5 Å². The third-order valence-corrected chi connectivity index (χ3v) is 2.39. The van der Waals surface area contributed by atoms with Gasteiger partial charge >= 0.3 is 0 Å². The molecule has 1 rings (SSSR count). The van der Waals surface area contributed by atoms with Gasteiger partial charge in [0.1, 0.15) is 12.4 Å². The molecule has 94 valence electrons. The second-order valence-electron chi connectivity index (χ2n) is 3.56. The molecule has 0 bridgehead atoms. The number of pyridine rings is 1. The van der Waals surface area contributed by atoms with Gasteiger partial charge in [0.2, 0.25) is 5.91 Å². The minimum Gasteiger partial charge on any atom is -0.375 e. The van der Waals surface area contributed by atoms with Crippen molar-refractivity contribution in [2.24, 2.45) is 0 Å². The van der Waals surface area contributed by atoms with E-state index in [0.29, 0.717) is 5.69 Å². The highest BCUT2D eigenvalue weighted by atomic mass is 16.5. The molecular formula is C12H19N3O2. The molecule has 0 saturated carbocycles. The number of nitrogens with zero attached hydrogens (tertiary/aromatic N) is 2. The molecule has 0 aliphatic carbocycles. The lowest BCUT2D eigenvalue weighted by Crippen LogP contribution is -2.23. The Labute approximate surface area is 102 Å². The fourth-order valence-electron chi connectivity index (χ4n) is 1.52. The predicted octanol–water partition coefficient (Wildman–Crippen LogP) is 1.51. The zero-order valence-electron chi connectivity index (χ0n) is 10.6. The average molecular weight is 237 g/mol. The summed E-state index contributed by atoms with van der Waals surface area (Å²) in [7, 11) is 1.49. The summed E-state index contributed by atoms with van der Waals surface area (Å²) in [6.45, 7) is 6.05. The normalized spacial score (nSPS) is 10.1. The topological polar surface area (TPSA) is 54.5 Å². The number of anilines is 2. The maximum absolute atomic E-state index is 11.3. The molecule has 1 aromatic heterocycles. The SMILES string of the molecule is CCN(CC)c1ccc(NC(=O)COC)cn1. The van der Waals surface area contributed by atoms with Gasteiger partial charge in [-0.05, 0) is 26.0 Å². The number of ether oxygens (including phenoxy) is 1. The van der Waals surface area contributed by atoms with Crippen LogP contribution in [-0.2, 0) is 9.53 Å². The van der Waals surface area contributed by atoms with Gasteiger partial charge in [-0.2, -0.15) is 0 Å². The number of hydrogen-bond donors (Lipinski definition) is 1. The van der Waals surface area contributed by atoms with Crippen LogP contribution in [0.25, 0.3) is 0 Å². The molecule has 0 aromatic carbocycles. The molecule has 0 fully saturated rings. The lowest BCUT2D eigenvalue weighted by molar-refractivity contribution is -0.119. The van der Waals surface area contributed by atoms with Crippen LogP contribution in [0.15, 0.2) is 18.3 Å². The van der Waals surface area contributed by atoms with Crippen molar-refractivity contribution in [1.29, 1.82) is 0 Å². The summed E-state index contributed by atoms with van der Waals surface area (Å²) in [5.74, 6) is 0.740. The van der Waals surface area contributed by atoms with Crippen molar-refractivity contribution in [3.8, 4) is 0 Å². The lowest BCUT2D eigenvalue weighted by atomic mass is 10.3. The highest BCUT2D eigenvalue weighted by Gasteiger charge is 2.04. The van der Waals surface area contributed by atoms with Crippen LogP contribution in [0.2, 0.25) is 0 Å². The van der Waals surface area contributed by atoms with Crippen molar-refractivity contribution in [3.05, 3.63) is 18.3 Å². The van der Waals surface area contributed by atoms with Gasteiger partial charge < -0.3 is 15.0 Å². The minimum atomic E-state index is -0.176. The lowest BCUT2D eigenvalue weighted by Gasteiger charge is -2.19. The third-order valence-electron chi connectivity index (χ3n) is 2.39. The van der Waals surface area contributed by atoms with E-state index in [9.17, 15) is 4.79 Å². The van der Waals surface area contributed by atoms with Crippen LogP contribution in [0.5, 0.6) is 0 Å². The maximum atomic E-state index is 11.3. The first-order valence-corrected chi connectivity index (χ1v) is 5.71. The first kappa shape index (κ1) is 13.4. The van der Waals surface area contributed by atoms with Crippen LogP contribution < -0.4 is 10.2 Å². The van der Waals surface area contributed by atoms with Crippen molar-refractivity contribution in [2.45, 2.75) is 13.8 Å². The Balaban J connectivity index is 2.64. The third kappa shape index (κ3) is 4.03. The number of hydrogen-bond acceptors (Lipinski definition) is 4. The van der Waals surface area contributed by atoms with Crippen LogP contribution >= 0.6 is 0 Å². The molecule has 5 heteroatoms. The van der Waals surface area contributed by atoms with E-state index < -0.39 is 0 Å². The molecule has 0 radical (unpaired) electrons. The fraction of sp³-hybridized carbons (Fsp3) is 0.500. The molecule has 0 unspecified atom stereocenters. The van der Waals surface area contributed by atoms with Gasteiger partial charge in [-0.1, -0.05) is 0 Å². The Morgan fingerprint density at radius 1 is 1.41 bits per heavy atom. The average Bonchev–Trinajstić information content (AvgIpc) is 2.33. The van der Waals surface area contributed by atoms with Crippen molar-refractivity contribution in [2.75, 3.05) is 37.0 Å². The first-order valence-electron chi connectivity index (χ1n) is 5.71. The Hall–Kier alpha value is -1.62. The quantitative estimate of drug-likeness (QED) is 0.815. The standard InChI is InChI=1S/C12H19N3O2/c1-4-15(5-2)11-7-6-10(8-13-11)14-12(16)9-17-3/h6-8H,4-5,9H2,1-3H3,(H,14,16). The van der Waals surface area contributed by atoms with Gasteiger partial charge in [0, 0.05) is 20.2 Å². The highest BCUT2D eigenvalue weighted by Crippen LogP contribution is 2.13. The van der Waals surface area contributed by atoms with Gasteiger partial charge in [-0.3, -0.25) is 4.79 Å². The summed E-state index contributed by atoms with van der Waals surface area (Å²) in [5, 5.41) is 2.70. The van der Waals surface area contributed by atoms with Gasteiger partial charge in [0.05, 0.1) is 11.9 Å². The maximum Gasteiger partial charge on any atom is 0.250 e. The molecule has 0 saturated heterocycles. The van der Waals surface area contributed by atoms with E-state index in [1.54, 1.807) is 6.20 Å². The highest BCUT2D eigenvalue weighted by molar-refractivity contribution is 5.91. The number of carbonyl (C=O) groups is 1. The molecule has 0 aliphatic rings. The Bertz CT molecular complexity index is 347. The van der Waals surface area contributed by atoms with Gasteiger partial charge in [-0.25, -0.2) is 4.98 Å². The number of amides is 1. The Morgan fingerprint density at radius 3 is 2.59 bits per heavy atom. The Morgan fingerprint density at radius 2 is 2.12 bits per heavy atom. The number of carbonyl (C=O) groups excluding carboxylic acids is 1. The summed E-state index contributed by atoms with van der Waals surface area (Å²) in [6, 6.07) is 3.74. The molecule has 1 heterocycles. The number of nitrogens with one attached hydrogen (secondary N) is 1. The monoisotopic (exact) mass is 237 g/mol. The van der Waals surface area contributed by atoms with E-state index in [1.165, 1.54) is 7.11 Å². The van der Waals surface area contributed by atoms with Crippen molar-refractivity contribution in [1.82, 2.24) is 4.98 Å². The zero-order chi connectivity index (χ0) is 12.7. The number of aromatic nitrogens is 1. The molecule has 1 aromatic rings. The van der Waals surface area contributed by atoms with Crippen molar-refractivity contribution >= 4 is 17.4 Å². The summed E-state index contributed by atoms with van der Waals surface area (Å²) in [5.41, 5.74) is 0.683. The smallest absolute Gasteiger partial charge is 0.250 e. The number of rotatable bonds is 6. The summed E-state index contributed by atoms with van der Waals surface area (Å²) in [6.07, 6.45) is 1.65. The van der Waals surface area contributed by atoms with Gasteiger partial charge in [0.15, 0.2) is 0 Å². The molecular weight excluding hydrogens is 218 g/mol. The van der Waals surface area contributed by atoms with E-state index in [4.69, 9.17) is 4.74 Å². The molecule has 1 N–H and O–H groups in total. The van der Waals surface area contributed by atoms with Gasteiger partial charge in [-0.15, -0.1) is 0 Å². The van der Waals surface area contributed by atoms with E-state index in [1.807, 2.05) is 12.1 Å². The van der Waals surface area contributed by atoms with E-state index in [0.717, 1.165) is 18.9 Å². The first-order chi connectivity index (χ1) is 8.21. The van der Waals surface area contributed by atoms with Gasteiger partial charge in [0.25, 0.3) is 0 Å². The largest absolute Gasteiger partial charge is 0.375 e. The summed E-state index contributed by atoms with van der Waals surface area (Å²) < 4.78 is 4.73. The molecule has 0 aliphatic heterocycles. The fourth-order valence-corrected chi connectivity index (χ4v) is 1.52. The van der Waals surface area contributed by atoms with E-state index >= 15 is 0 Å². The second kappa shape index (κ2) is 6.85. The number of methoxy groups -OCH3 is 1. The summed E-state index contributed by atoms with van der Waals surface area (Å²) >= 11 is 0. The molecule has 17 heavy (non-hydrogen) atoms. The van der Waals surface area contributed by atoms with Crippen molar-refractivity contribution < 1.29 is 9.53 Å². The molecule has 5 nitrogen and oxygen atoms in total. The molecule has 1 amide bonds. The van der Waals surface area contributed by atoms with Crippen LogP contribution in [0.3, 0.4) is 0 Å². The van der Waals surface area contributed by atoms with E-state index in [2.05, 4.69) is 29.0 Å². The minimum absolute atomic E-state index is 0.0534. The van der Waals surface area contributed by atoms with Crippen molar-refractivity contribution in [3.63, 3.8) is 0 Å². The zero-order valence-corrected chi connectivity index (χ0v) is 10.6. The summed E-state index contributed by atoms with van der Waals surface area (Å²) in [4.78, 5) is 17.7. The molecule has 0 atom stereocenters. The van der Waals surface area contributed by atoms with Crippen LogP contribution in [-0.4, -0.2) is 37.7 Å². The Kier molecular flexibility index (Phi) is 5.42. The van der Waals surface area contributed by atoms with Crippen LogP contribution in [0, 0.1) is 0 Å². The predicted molar refractivity (Wildman–Crippen MR) is 68.3 cm³/mol. The second-order valence-corrected chi connectivity index (χ2v) is 3.56. The molecule has 0 spiro atoms. The van der Waals surface area contributed by atoms with Crippen LogP contribution in [0.1, 0.15) is 13.8 Å². The van der Waals surface area contributed by atoms with E-state index in [-0.39, 0.29) is 12.5 Å².